The molecule has 3 aromatic carbocycles. The lowest BCUT2D eigenvalue weighted by Gasteiger charge is -2.10. The van der Waals surface area contributed by atoms with E-state index in [0.29, 0.717) is 18.7 Å². The fourth-order valence-corrected chi connectivity index (χ4v) is 4.18. The fraction of sp³-hybridized carbons (Fsp3) is 0.231. The fourth-order valence-electron chi connectivity index (χ4n) is 3.78. The molecule has 0 fully saturated rings. The predicted octanol–water partition coefficient (Wildman–Crippen LogP) is 6.13. The monoisotopic (exact) mass is 493 g/mol. The summed E-state index contributed by atoms with van der Waals surface area (Å²) < 4.78 is 16.4. The average molecular weight is 494 g/mol. The van der Waals surface area contributed by atoms with Crippen molar-refractivity contribution in [2.45, 2.75) is 32.2 Å². The van der Waals surface area contributed by atoms with Crippen LogP contribution in [0.4, 0.5) is 4.39 Å². The summed E-state index contributed by atoms with van der Waals surface area (Å²) in [6.07, 6.45) is 3.76. The number of carbonyl (C=O) groups excluding carboxylic acids is 1. The molecule has 0 radical (unpaired) electrons. The van der Waals surface area contributed by atoms with Gasteiger partial charge in [-0.3, -0.25) is 4.79 Å². The quantitative estimate of drug-likeness (QED) is 0.285. The van der Waals surface area contributed by atoms with Gasteiger partial charge < -0.3 is 9.88 Å². The van der Waals surface area contributed by atoms with Gasteiger partial charge >= 0.3 is 0 Å². The predicted molar refractivity (Wildman–Crippen MR) is 129 cm³/mol. The van der Waals surface area contributed by atoms with Crippen LogP contribution < -0.4 is 5.32 Å². The van der Waals surface area contributed by atoms with Gasteiger partial charge in [0.1, 0.15) is 11.6 Å². The van der Waals surface area contributed by atoms with Crippen LogP contribution in [0.5, 0.6) is 0 Å². The molecule has 4 rings (SSSR count). The zero-order valence-corrected chi connectivity index (χ0v) is 19.3. The van der Waals surface area contributed by atoms with E-state index in [9.17, 15) is 9.18 Å². The van der Waals surface area contributed by atoms with Gasteiger partial charge in [-0.1, -0.05) is 52.7 Å². The van der Waals surface area contributed by atoms with E-state index in [0.717, 1.165) is 52.6 Å². The van der Waals surface area contributed by atoms with Crippen LogP contribution in [-0.4, -0.2) is 22.0 Å². The number of nitrogens with zero attached hydrogens (tertiary/aromatic N) is 2. The first-order valence-electron chi connectivity index (χ1n) is 10.8. The number of amides is 1. The van der Waals surface area contributed by atoms with Crippen molar-refractivity contribution >= 4 is 32.9 Å². The summed E-state index contributed by atoms with van der Waals surface area (Å²) in [4.78, 5) is 17.1. The molecule has 6 heteroatoms. The first-order valence-corrected chi connectivity index (χ1v) is 11.6. The molecule has 1 amide bonds. The number of hydrogen-bond donors (Lipinski definition) is 1. The highest BCUT2D eigenvalue weighted by molar-refractivity contribution is 9.10. The molecule has 0 saturated carbocycles. The number of aromatic nitrogens is 2. The third-order valence-corrected chi connectivity index (χ3v) is 5.93. The Bertz CT molecular complexity index is 1200. The summed E-state index contributed by atoms with van der Waals surface area (Å²) in [6, 6.07) is 22.1. The minimum atomic E-state index is -0.226. The van der Waals surface area contributed by atoms with Crippen molar-refractivity contribution in [3.05, 3.63) is 100 Å². The van der Waals surface area contributed by atoms with Gasteiger partial charge in [0.2, 0.25) is 0 Å². The zero-order chi connectivity index (χ0) is 22.3. The van der Waals surface area contributed by atoms with Crippen LogP contribution in [0.25, 0.3) is 11.0 Å². The van der Waals surface area contributed by atoms with Crippen molar-refractivity contribution in [2.75, 3.05) is 6.54 Å². The molecular weight excluding hydrogens is 469 g/mol. The number of unbranched alkanes of at least 4 members (excludes halogenated alkanes) is 2. The van der Waals surface area contributed by atoms with Crippen LogP contribution in [0.3, 0.4) is 0 Å². The molecule has 0 aliphatic carbocycles. The first-order chi connectivity index (χ1) is 15.6. The zero-order valence-electron chi connectivity index (χ0n) is 17.7. The number of carbonyl (C=O) groups is 1. The lowest BCUT2D eigenvalue weighted by molar-refractivity contribution is 0.0953. The second-order valence-corrected chi connectivity index (χ2v) is 8.72. The third kappa shape index (κ3) is 5.62. The summed E-state index contributed by atoms with van der Waals surface area (Å²) in [5.41, 5.74) is 3.78. The number of aryl methyl sites for hydroxylation is 1. The van der Waals surface area contributed by atoms with E-state index in [1.165, 1.54) is 12.1 Å². The Morgan fingerprint density at radius 1 is 0.969 bits per heavy atom. The smallest absolute Gasteiger partial charge is 0.251 e. The maximum atomic E-state index is 13.3. The summed E-state index contributed by atoms with van der Waals surface area (Å²) >= 11 is 3.39. The molecule has 0 bridgehead atoms. The van der Waals surface area contributed by atoms with Crippen LogP contribution in [0, 0.1) is 5.82 Å². The number of rotatable bonds is 9. The Morgan fingerprint density at radius 3 is 2.59 bits per heavy atom. The lowest BCUT2D eigenvalue weighted by Crippen LogP contribution is -2.24. The van der Waals surface area contributed by atoms with E-state index in [-0.39, 0.29) is 11.7 Å². The molecule has 1 aromatic heterocycles. The number of benzene rings is 3. The molecule has 0 spiro atoms. The van der Waals surface area contributed by atoms with E-state index >= 15 is 0 Å². The van der Waals surface area contributed by atoms with Crippen LogP contribution in [0.15, 0.2) is 77.3 Å². The van der Waals surface area contributed by atoms with Crippen LogP contribution >= 0.6 is 15.9 Å². The Kier molecular flexibility index (Phi) is 7.32. The maximum Gasteiger partial charge on any atom is 0.251 e. The number of fused-ring (bicyclic) bond motifs is 1. The van der Waals surface area contributed by atoms with Gasteiger partial charge in [-0.05, 0) is 60.9 Å². The highest BCUT2D eigenvalue weighted by Gasteiger charge is 2.11. The molecule has 0 aliphatic heterocycles. The summed E-state index contributed by atoms with van der Waals surface area (Å²) in [5.74, 6) is 0.762. The van der Waals surface area contributed by atoms with Crippen LogP contribution in [0.2, 0.25) is 0 Å². The summed E-state index contributed by atoms with van der Waals surface area (Å²) in [7, 11) is 0. The largest absolute Gasteiger partial charge is 0.352 e. The van der Waals surface area contributed by atoms with Crippen molar-refractivity contribution in [3.63, 3.8) is 0 Å². The van der Waals surface area contributed by atoms with Crippen LogP contribution in [0.1, 0.15) is 41.0 Å². The number of halogens is 2. The second-order valence-electron chi connectivity index (χ2n) is 7.81. The molecule has 4 nitrogen and oxygen atoms in total. The molecule has 164 valence electrons. The van der Waals surface area contributed by atoms with Crippen molar-refractivity contribution in [1.82, 2.24) is 14.9 Å². The van der Waals surface area contributed by atoms with Gasteiger partial charge in [-0.15, -0.1) is 0 Å². The summed E-state index contributed by atoms with van der Waals surface area (Å²) in [6.45, 7) is 1.32. The van der Waals surface area contributed by atoms with Crippen molar-refractivity contribution in [1.29, 1.82) is 0 Å². The molecule has 0 atom stereocenters. The van der Waals surface area contributed by atoms with Gasteiger partial charge in [0.05, 0.1) is 11.0 Å². The van der Waals surface area contributed by atoms with Gasteiger partial charge in [0, 0.05) is 29.5 Å². The molecular formula is C26H25BrFN3O. The standard InChI is InChI=1S/C26H25BrFN3O/c27-21-8-6-7-20(17-21)26(32)29-16-5-1-2-11-25-30-23-9-3-4-10-24(23)31(25)18-19-12-14-22(28)15-13-19/h3-4,6-10,12-15,17H,1-2,5,11,16,18H2,(H,29,32). The topological polar surface area (TPSA) is 46.9 Å². The molecule has 1 heterocycles. The van der Waals surface area contributed by atoms with Crippen molar-refractivity contribution in [3.8, 4) is 0 Å². The molecule has 4 aromatic rings. The van der Waals surface area contributed by atoms with E-state index < -0.39 is 0 Å². The lowest BCUT2D eigenvalue weighted by atomic mass is 10.1. The van der Waals surface area contributed by atoms with Gasteiger partial charge in [0.15, 0.2) is 0 Å². The Labute approximate surface area is 195 Å². The SMILES string of the molecule is O=C(NCCCCCc1nc2ccccc2n1Cc1ccc(F)cc1)c1cccc(Br)c1. The molecule has 1 N–H and O–H groups in total. The number of para-hydroxylation sites is 2. The van der Waals surface area contributed by atoms with Crippen molar-refractivity contribution in [2.24, 2.45) is 0 Å². The Balaban J connectivity index is 1.32. The van der Waals surface area contributed by atoms with Gasteiger partial charge in [-0.2, -0.15) is 0 Å². The van der Waals surface area contributed by atoms with E-state index in [4.69, 9.17) is 4.98 Å². The average Bonchev–Trinajstić information content (AvgIpc) is 3.14. The third-order valence-electron chi connectivity index (χ3n) is 5.44. The number of nitrogens with one attached hydrogen (secondary N) is 1. The normalized spacial score (nSPS) is 11.1. The minimum Gasteiger partial charge on any atom is -0.352 e. The number of imidazole rings is 1. The van der Waals surface area contributed by atoms with Gasteiger partial charge in [0.25, 0.3) is 5.91 Å². The van der Waals surface area contributed by atoms with E-state index in [2.05, 4.69) is 31.9 Å². The first kappa shape index (κ1) is 22.2. The highest BCUT2D eigenvalue weighted by Crippen LogP contribution is 2.20. The molecule has 0 saturated heterocycles. The highest BCUT2D eigenvalue weighted by atomic mass is 79.9. The van der Waals surface area contributed by atoms with Crippen molar-refractivity contribution < 1.29 is 9.18 Å². The maximum absolute atomic E-state index is 13.3. The minimum absolute atomic E-state index is 0.0487. The molecule has 0 unspecified atom stereocenters. The number of hydrogen-bond acceptors (Lipinski definition) is 2. The van der Waals surface area contributed by atoms with E-state index in [1.54, 1.807) is 0 Å². The van der Waals surface area contributed by atoms with Gasteiger partial charge in [-0.25, -0.2) is 9.37 Å². The van der Waals surface area contributed by atoms with E-state index in [1.807, 2.05) is 54.6 Å². The molecule has 0 aliphatic rings. The van der Waals surface area contributed by atoms with Crippen LogP contribution in [-0.2, 0) is 13.0 Å². The second kappa shape index (κ2) is 10.6. The summed E-state index contributed by atoms with van der Waals surface area (Å²) in [5, 5.41) is 2.98. The molecule has 32 heavy (non-hydrogen) atoms. The Morgan fingerprint density at radius 2 is 1.78 bits per heavy atom. The Hall–Kier alpha value is -2.99.